The Hall–Kier alpha value is -2.54. The highest BCUT2D eigenvalue weighted by Gasteiger charge is 2.22. The zero-order chi connectivity index (χ0) is 18.4. The van der Waals surface area contributed by atoms with Crippen molar-refractivity contribution in [2.24, 2.45) is 0 Å². The Morgan fingerprint density at radius 3 is 2.60 bits per heavy atom. The van der Waals surface area contributed by atoms with E-state index in [0.29, 0.717) is 10.6 Å². The average molecular weight is 363 g/mol. The molecule has 5 nitrogen and oxygen atoms in total. The summed E-state index contributed by atoms with van der Waals surface area (Å²) < 4.78 is 30.3. The van der Waals surface area contributed by atoms with Gasteiger partial charge in [-0.3, -0.25) is 9.00 Å². The first-order chi connectivity index (χ1) is 11.9. The molecule has 0 saturated heterocycles. The number of nitrogens with one attached hydrogen (secondary N) is 1. The van der Waals surface area contributed by atoms with Crippen molar-refractivity contribution in [2.75, 3.05) is 11.1 Å². The van der Waals surface area contributed by atoms with Crippen LogP contribution in [0.1, 0.15) is 24.2 Å². The Morgan fingerprint density at radius 1 is 1.20 bits per heavy atom. The van der Waals surface area contributed by atoms with Crippen molar-refractivity contribution in [1.29, 1.82) is 0 Å². The number of anilines is 1. The molecule has 1 N–H and O–H groups in total. The quantitative estimate of drug-likeness (QED) is 0.801. The number of esters is 1. The lowest BCUT2D eigenvalue weighted by Crippen LogP contribution is -2.30. The van der Waals surface area contributed by atoms with Gasteiger partial charge in [0.1, 0.15) is 5.82 Å². The van der Waals surface area contributed by atoms with Gasteiger partial charge in [0, 0.05) is 11.4 Å². The zero-order valence-corrected chi connectivity index (χ0v) is 14.6. The molecular formula is C18H18FNO4S. The van der Waals surface area contributed by atoms with Crippen molar-refractivity contribution in [1.82, 2.24) is 0 Å². The van der Waals surface area contributed by atoms with E-state index in [1.165, 1.54) is 31.2 Å². The molecule has 0 aliphatic carbocycles. The molecule has 1 amide bonds. The van der Waals surface area contributed by atoms with Crippen molar-refractivity contribution >= 4 is 28.4 Å². The van der Waals surface area contributed by atoms with Gasteiger partial charge in [-0.1, -0.05) is 25.1 Å². The molecule has 132 valence electrons. The van der Waals surface area contributed by atoms with Gasteiger partial charge in [-0.25, -0.2) is 9.18 Å². The van der Waals surface area contributed by atoms with E-state index in [9.17, 15) is 18.2 Å². The summed E-state index contributed by atoms with van der Waals surface area (Å²) in [6, 6.07) is 11.8. The van der Waals surface area contributed by atoms with Gasteiger partial charge in [-0.15, -0.1) is 0 Å². The summed E-state index contributed by atoms with van der Waals surface area (Å²) in [6.45, 7) is 3.15. The third-order valence-electron chi connectivity index (χ3n) is 3.36. The number of amides is 1. The highest BCUT2D eigenvalue weighted by atomic mass is 32.2. The summed E-state index contributed by atoms with van der Waals surface area (Å²) in [5, 5.41) is 2.47. The molecule has 25 heavy (non-hydrogen) atoms. The largest absolute Gasteiger partial charge is 0.449 e. The van der Waals surface area contributed by atoms with Crippen LogP contribution < -0.4 is 5.32 Å². The van der Waals surface area contributed by atoms with Gasteiger partial charge < -0.3 is 10.1 Å². The van der Waals surface area contributed by atoms with E-state index in [-0.39, 0.29) is 11.3 Å². The SMILES string of the molecule is CC[S@](=O)c1ccccc1C(=O)O[C@@H](C)C(=O)Nc1cccc(F)c1. The molecule has 0 fully saturated rings. The fourth-order valence-electron chi connectivity index (χ4n) is 2.08. The van der Waals surface area contributed by atoms with Crippen molar-refractivity contribution < 1.29 is 22.9 Å². The van der Waals surface area contributed by atoms with Crippen LogP contribution in [-0.4, -0.2) is 27.9 Å². The van der Waals surface area contributed by atoms with Gasteiger partial charge in [0.25, 0.3) is 5.91 Å². The number of carbonyl (C=O) groups excluding carboxylic acids is 2. The molecule has 0 bridgehead atoms. The molecule has 0 saturated carbocycles. The number of ether oxygens (including phenoxy) is 1. The van der Waals surface area contributed by atoms with E-state index >= 15 is 0 Å². The second kappa shape index (κ2) is 8.53. The van der Waals surface area contributed by atoms with E-state index in [0.717, 1.165) is 6.07 Å². The second-order valence-corrected chi connectivity index (χ2v) is 6.89. The van der Waals surface area contributed by atoms with Crippen molar-refractivity contribution in [3.63, 3.8) is 0 Å². The normalized spacial score (nSPS) is 12.9. The van der Waals surface area contributed by atoms with Gasteiger partial charge in [0.05, 0.1) is 21.3 Å². The molecule has 2 aromatic rings. The lowest BCUT2D eigenvalue weighted by Gasteiger charge is -2.15. The minimum Gasteiger partial charge on any atom is -0.449 e. The van der Waals surface area contributed by atoms with Crippen LogP contribution in [0.2, 0.25) is 0 Å². The fourth-order valence-corrected chi connectivity index (χ4v) is 3.02. The molecule has 0 heterocycles. The van der Waals surface area contributed by atoms with Gasteiger partial charge in [-0.05, 0) is 37.3 Å². The summed E-state index contributed by atoms with van der Waals surface area (Å²) in [7, 11) is -1.33. The Bertz CT molecular complexity index is 809. The van der Waals surface area contributed by atoms with Crippen molar-refractivity contribution in [2.45, 2.75) is 24.8 Å². The lowest BCUT2D eigenvalue weighted by molar-refractivity contribution is -0.123. The van der Waals surface area contributed by atoms with Crippen LogP contribution >= 0.6 is 0 Å². The monoisotopic (exact) mass is 363 g/mol. The third-order valence-corrected chi connectivity index (χ3v) is 4.73. The van der Waals surface area contributed by atoms with E-state index in [4.69, 9.17) is 4.74 Å². The first-order valence-corrected chi connectivity index (χ1v) is 8.99. The minimum atomic E-state index is -1.33. The number of benzene rings is 2. The third kappa shape index (κ3) is 4.96. The van der Waals surface area contributed by atoms with Crippen LogP contribution in [0.3, 0.4) is 0 Å². The number of rotatable bonds is 6. The van der Waals surface area contributed by atoms with Gasteiger partial charge in [0.15, 0.2) is 6.10 Å². The van der Waals surface area contributed by atoms with Crippen molar-refractivity contribution in [3.8, 4) is 0 Å². The van der Waals surface area contributed by atoms with Crippen molar-refractivity contribution in [3.05, 3.63) is 59.9 Å². The van der Waals surface area contributed by atoms with Gasteiger partial charge >= 0.3 is 5.97 Å². The Morgan fingerprint density at radius 2 is 1.92 bits per heavy atom. The number of halogens is 1. The smallest absolute Gasteiger partial charge is 0.340 e. The molecule has 2 rings (SSSR count). The molecule has 2 atom stereocenters. The molecule has 7 heteroatoms. The van der Waals surface area contributed by atoms with Crippen LogP contribution in [0.25, 0.3) is 0 Å². The summed E-state index contributed by atoms with van der Waals surface area (Å²) in [6.07, 6.45) is -1.10. The Kier molecular flexibility index (Phi) is 6.41. The number of hydrogen-bond donors (Lipinski definition) is 1. The van der Waals surface area contributed by atoms with Crippen LogP contribution in [-0.2, 0) is 20.3 Å². The highest BCUT2D eigenvalue weighted by Crippen LogP contribution is 2.16. The summed E-state index contributed by atoms with van der Waals surface area (Å²) in [5.41, 5.74) is 0.425. The van der Waals surface area contributed by atoms with Crippen LogP contribution in [0.4, 0.5) is 10.1 Å². The lowest BCUT2D eigenvalue weighted by atomic mass is 10.2. The van der Waals surface area contributed by atoms with Gasteiger partial charge in [0.2, 0.25) is 0 Å². The summed E-state index contributed by atoms with van der Waals surface area (Å²) >= 11 is 0. The molecule has 0 aliphatic heterocycles. The standard InChI is InChI=1S/C18H18FNO4S/c1-3-25(23)16-10-5-4-9-15(16)18(22)24-12(2)17(21)20-14-8-6-7-13(19)11-14/h4-12H,3H2,1-2H3,(H,20,21)/t12-,25-/m0/s1. The average Bonchev–Trinajstić information content (AvgIpc) is 2.60. The van der Waals surface area contributed by atoms with Crippen LogP contribution in [0, 0.1) is 5.82 Å². The molecule has 0 spiro atoms. The summed E-state index contributed by atoms with van der Waals surface area (Å²) in [4.78, 5) is 24.8. The maximum Gasteiger partial charge on any atom is 0.340 e. The summed E-state index contributed by atoms with van der Waals surface area (Å²) in [5.74, 6) is -1.45. The highest BCUT2D eigenvalue weighted by molar-refractivity contribution is 7.85. The minimum absolute atomic E-state index is 0.160. The molecule has 0 radical (unpaired) electrons. The molecular weight excluding hydrogens is 345 g/mol. The van der Waals surface area contributed by atoms with Crippen LogP contribution in [0.5, 0.6) is 0 Å². The molecule has 0 aliphatic rings. The van der Waals surface area contributed by atoms with Gasteiger partial charge in [-0.2, -0.15) is 0 Å². The van der Waals surface area contributed by atoms with E-state index in [1.54, 1.807) is 25.1 Å². The second-order valence-electron chi connectivity index (χ2n) is 5.18. The predicted octanol–water partition coefficient (Wildman–Crippen LogP) is 3.14. The van der Waals surface area contributed by atoms with Crippen LogP contribution in [0.15, 0.2) is 53.4 Å². The first kappa shape index (κ1) is 18.8. The predicted molar refractivity (Wildman–Crippen MR) is 93.3 cm³/mol. The van der Waals surface area contributed by atoms with E-state index in [1.807, 2.05) is 0 Å². The maximum atomic E-state index is 13.1. The Balaban J connectivity index is 2.07. The topological polar surface area (TPSA) is 72.5 Å². The Labute approximate surface area is 147 Å². The fraction of sp³-hybridized carbons (Fsp3) is 0.222. The molecule has 0 unspecified atom stereocenters. The van der Waals surface area contributed by atoms with E-state index in [2.05, 4.69) is 5.32 Å². The zero-order valence-electron chi connectivity index (χ0n) is 13.8. The maximum absolute atomic E-state index is 13.1. The first-order valence-electron chi connectivity index (χ1n) is 7.67. The molecule has 0 aromatic heterocycles. The number of carbonyl (C=O) groups is 2. The number of hydrogen-bond acceptors (Lipinski definition) is 4. The molecule has 2 aromatic carbocycles. The van der Waals surface area contributed by atoms with E-state index < -0.39 is 34.6 Å².